The van der Waals surface area contributed by atoms with Crippen LogP contribution in [0.4, 0.5) is 0 Å². The molecule has 1 aliphatic rings. The minimum atomic E-state index is 0.135. The van der Waals surface area contributed by atoms with Crippen molar-refractivity contribution in [2.75, 3.05) is 46.4 Å². The van der Waals surface area contributed by atoms with Crippen LogP contribution in [0.15, 0.2) is 23.3 Å². The van der Waals surface area contributed by atoms with Gasteiger partial charge in [0.25, 0.3) is 0 Å². The van der Waals surface area contributed by atoms with Crippen molar-refractivity contribution in [3.05, 3.63) is 23.9 Å². The van der Waals surface area contributed by atoms with Gasteiger partial charge >= 0.3 is 0 Å². The molecule has 1 aromatic rings. The van der Waals surface area contributed by atoms with E-state index in [0.29, 0.717) is 12.4 Å². The van der Waals surface area contributed by atoms with Crippen LogP contribution in [-0.4, -0.2) is 68.4 Å². The molecule has 0 saturated carbocycles. The minimum absolute atomic E-state index is 0.135. The molecule has 0 aromatic carbocycles. The molecule has 2 heterocycles. The van der Waals surface area contributed by atoms with E-state index in [4.69, 9.17) is 9.47 Å². The highest BCUT2D eigenvalue weighted by Gasteiger charge is 2.09. The minimum Gasteiger partial charge on any atom is -0.475 e. The van der Waals surface area contributed by atoms with E-state index in [1.54, 1.807) is 7.05 Å². The summed E-state index contributed by atoms with van der Waals surface area (Å²) < 4.78 is 10.9. The lowest BCUT2D eigenvalue weighted by Gasteiger charge is -2.26. The molecule has 0 spiro atoms. The van der Waals surface area contributed by atoms with Crippen molar-refractivity contribution in [1.29, 1.82) is 0 Å². The van der Waals surface area contributed by atoms with Crippen LogP contribution in [0.3, 0.4) is 0 Å². The van der Waals surface area contributed by atoms with Crippen LogP contribution in [-0.2, 0) is 11.3 Å². The predicted molar refractivity (Wildman–Crippen MR) is 95.5 cm³/mol. The van der Waals surface area contributed by atoms with Crippen molar-refractivity contribution in [2.24, 2.45) is 4.99 Å². The van der Waals surface area contributed by atoms with E-state index in [-0.39, 0.29) is 6.10 Å². The number of aromatic nitrogens is 1. The first kappa shape index (κ1) is 18.5. The fourth-order valence-corrected chi connectivity index (χ4v) is 2.39. The van der Waals surface area contributed by atoms with Crippen molar-refractivity contribution >= 4 is 5.96 Å². The summed E-state index contributed by atoms with van der Waals surface area (Å²) in [7, 11) is 1.78. The second kappa shape index (κ2) is 10.1. The third-order valence-electron chi connectivity index (χ3n) is 3.66. The third kappa shape index (κ3) is 6.72. The molecule has 7 nitrogen and oxygen atoms in total. The van der Waals surface area contributed by atoms with Crippen LogP contribution in [0.2, 0.25) is 0 Å². The number of hydrogen-bond donors (Lipinski definition) is 2. The van der Waals surface area contributed by atoms with Crippen molar-refractivity contribution in [1.82, 2.24) is 20.5 Å². The predicted octanol–water partition coefficient (Wildman–Crippen LogP) is 0.866. The fourth-order valence-electron chi connectivity index (χ4n) is 2.39. The summed E-state index contributed by atoms with van der Waals surface area (Å²) in [6.07, 6.45) is 1.96. The number of nitrogens with zero attached hydrogens (tertiary/aromatic N) is 3. The molecule has 2 rings (SSSR count). The molecule has 0 bridgehead atoms. The molecule has 24 heavy (non-hydrogen) atoms. The molecule has 1 fully saturated rings. The second-order valence-electron chi connectivity index (χ2n) is 5.98. The number of pyridine rings is 1. The molecule has 2 N–H and O–H groups in total. The first-order valence-electron chi connectivity index (χ1n) is 8.53. The largest absolute Gasteiger partial charge is 0.475 e. The van der Waals surface area contributed by atoms with E-state index >= 15 is 0 Å². The molecule has 0 radical (unpaired) electrons. The maximum absolute atomic E-state index is 5.55. The summed E-state index contributed by atoms with van der Waals surface area (Å²) in [5.41, 5.74) is 1.09. The first-order chi connectivity index (χ1) is 11.7. The second-order valence-corrected chi connectivity index (χ2v) is 5.98. The zero-order valence-electron chi connectivity index (χ0n) is 14.9. The number of aliphatic imine (C=N–C) groups is 1. The first-order valence-corrected chi connectivity index (χ1v) is 8.53. The van der Waals surface area contributed by atoms with Crippen LogP contribution >= 0.6 is 0 Å². The molecule has 1 aliphatic heterocycles. The summed E-state index contributed by atoms with van der Waals surface area (Å²) in [5, 5.41) is 6.63. The lowest BCUT2D eigenvalue weighted by Crippen LogP contribution is -2.44. The zero-order valence-corrected chi connectivity index (χ0v) is 14.9. The average molecular weight is 335 g/mol. The van der Waals surface area contributed by atoms with Crippen molar-refractivity contribution < 1.29 is 9.47 Å². The molecule has 0 unspecified atom stereocenters. The molecule has 0 atom stereocenters. The monoisotopic (exact) mass is 335 g/mol. The smallest absolute Gasteiger partial charge is 0.213 e. The van der Waals surface area contributed by atoms with Gasteiger partial charge in [-0.1, -0.05) is 6.07 Å². The lowest BCUT2D eigenvalue weighted by atomic mass is 10.3. The molecule has 0 aliphatic carbocycles. The van der Waals surface area contributed by atoms with Gasteiger partial charge in [0, 0.05) is 52.0 Å². The van der Waals surface area contributed by atoms with Crippen LogP contribution in [0.25, 0.3) is 0 Å². The lowest BCUT2D eigenvalue weighted by molar-refractivity contribution is 0.0389. The quantitative estimate of drug-likeness (QED) is 0.569. The van der Waals surface area contributed by atoms with Gasteiger partial charge in [-0.2, -0.15) is 0 Å². The van der Waals surface area contributed by atoms with E-state index in [1.807, 2.05) is 32.2 Å². The van der Waals surface area contributed by atoms with Gasteiger partial charge in [0.1, 0.15) is 0 Å². The summed E-state index contributed by atoms with van der Waals surface area (Å²) in [4.78, 5) is 10.9. The van der Waals surface area contributed by atoms with E-state index in [1.165, 1.54) is 0 Å². The molecular weight excluding hydrogens is 306 g/mol. The van der Waals surface area contributed by atoms with E-state index in [2.05, 4.69) is 25.5 Å². The summed E-state index contributed by atoms with van der Waals surface area (Å²) in [5.74, 6) is 1.45. The highest BCUT2D eigenvalue weighted by molar-refractivity contribution is 5.79. The Balaban J connectivity index is 1.68. The molecule has 7 heteroatoms. The molecule has 1 aromatic heterocycles. The topological polar surface area (TPSA) is 71.0 Å². The van der Waals surface area contributed by atoms with Gasteiger partial charge in [-0.3, -0.25) is 9.89 Å². The maximum Gasteiger partial charge on any atom is 0.213 e. The van der Waals surface area contributed by atoms with Crippen molar-refractivity contribution in [3.63, 3.8) is 0 Å². The Kier molecular flexibility index (Phi) is 7.77. The highest BCUT2D eigenvalue weighted by Crippen LogP contribution is 2.09. The maximum atomic E-state index is 5.55. The number of guanidine groups is 1. The average Bonchev–Trinajstić information content (AvgIpc) is 2.59. The summed E-state index contributed by atoms with van der Waals surface area (Å²) in [6, 6.07) is 3.91. The van der Waals surface area contributed by atoms with Gasteiger partial charge in [0.05, 0.1) is 19.3 Å². The Morgan fingerprint density at radius 2 is 2.12 bits per heavy atom. The van der Waals surface area contributed by atoms with Crippen LogP contribution in [0.5, 0.6) is 5.88 Å². The summed E-state index contributed by atoms with van der Waals surface area (Å²) >= 11 is 0. The Bertz CT molecular complexity index is 498. The van der Waals surface area contributed by atoms with E-state index in [0.717, 1.165) is 50.9 Å². The Labute approximate surface area is 144 Å². The van der Waals surface area contributed by atoms with Gasteiger partial charge in [-0.25, -0.2) is 4.98 Å². The highest BCUT2D eigenvalue weighted by atomic mass is 16.5. The molecular formula is C17H29N5O2. The SMILES string of the molecule is CN=C(NCCN1CCOCC1)NCc1ccc(OC(C)C)nc1. The van der Waals surface area contributed by atoms with E-state index < -0.39 is 0 Å². The van der Waals surface area contributed by atoms with Gasteiger partial charge in [0.15, 0.2) is 5.96 Å². The molecule has 134 valence electrons. The zero-order chi connectivity index (χ0) is 17.2. The standard InChI is InChI=1S/C17H29N5O2/c1-14(2)24-16-5-4-15(12-20-16)13-21-17(18-3)19-6-7-22-8-10-23-11-9-22/h4-5,12,14H,6-11,13H2,1-3H3,(H2,18,19,21). The van der Waals surface area contributed by atoms with Gasteiger partial charge < -0.3 is 20.1 Å². The molecule has 0 amide bonds. The van der Waals surface area contributed by atoms with Crippen molar-refractivity contribution in [2.45, 2.75) is 26.5 Å². The number of nitrogens with one attached hydrogen (secondary N) is 2. The van der Waals surface area contributed by atoms with Crippen molar-refractivity contribution in [3.8, 4) is 5.88 Å². The van der Waals surface area contributed by atoms with Crippen LogP contribution in [0, 0.1) is 0 Å². The van der Waals surface area contributed by atoms with Gasteiger partial charge in [-0.05, 0) is 19.4 Å². The Morgan fingerprint density at radius 1 is 1.33 bits per heavy atom. The molecule has 1 saturated heterocycles. The number of hydrogen-bond acceptors (Lipinski definition) is 5. The Morgan fingerprint density at radius 3 is 2.75 bits per heavy atom. The number of ether oxygens (including phenoxy) is 2. The van der Waals surface area contributed by atoms with Crippen LogP contribution < -0.4 is 15.4 Å². The summed E-state index contributed by atoms with van der Waals surface area (Å²) in [6.45, 7) is 10.2. The van der Waals surface area contributed by atoms with Gasteiger partial charge in [0.2, 0.25) is 5.88 Å². The van der Waals surface area contributed by atoms with Gasteiger partial charge in [-0.15, -0.1) is 0 Å². The van der Waals surface area contributed by atoms with E-state index in [9.17, 15) is 0 Å². The van der Waals surface area contributed by atoms with Crippen LogP contribution in [0.1, 0.15) is 19.4 Å². The Hall–Kier alpha value is -1.86. The fraction of sp³-hybridized carbons (Fsp3) is 0.647. The third-order valence-corrected chi connectivity index (χ3v) is 3.66. The normalized spacial score (nSPS) is 16.2. The number of morpholine rings is 1. The number of rotatable bonds is 7.